The van der Waals surface area contributed by atoms with Crippen LogP contribution in [0.5, 0.6) is 0 Å². The van der Waals surface area contributed by atoms with Gasteiger partial charge in [-0.05, 0) is 74.8 Å². The van der Waals surface area contributed by atoms with Gasteiger partial charge >= 0.3 is 0 Å². The standard InChI is InChI=1S/C27H36N2O2/c1-17-14-18(2)24(19(3)15-17)26(31)29-13-9-12-23(20(29)4)25(30)28-22-11-8-10-21(16-22)27(5,6)7/h8,10-11,14-16,20,23H,9,12-13H2,1-7H3,(H,28,30)/t20-,23-/m0/s1. The van der Waals surface area contributed by atoms with Crippen molar-refractivity contribution < 1.29 is 9.59 Å². The lowest BCUT2D eigenvalue weighted by molar-refractivity contribution is -0.122. The number of aryl methyl sites for hydroxylation is 3. The zero-order valence-corrected chi connectivity index (χ0v) is 20.0. The maximum atomic E-state index is 13.4. The van der Waals surface area contributed by atoms with E-state index in [1.807, 2.05) is 50.8 Å². The van der Waals surface area contributed by atoms with Crippen molar-refractivity contribution in [3.05, 3.63) is 64.2 Å². The average molecular weight is 421 g/mol. The van der Waals surface area contributed by atoms with E-state index in [0.29, 0.717) is 6.54 Å². The Hall–Kier alpha value is -2.62. The number of likely N-dealkylation sites (tertiary alicyclic amines) is 1. The van der Waals surface area contributed by atoms with Gasteiger partial charge in [0.05, 0.1) is 5.92 Å². The molecule has 0 aliphatic carbocycles. The van der Waals surface area contributed by atoms with Gasteiger partial charge in [0, 0.05) is 23.8 Å². The Bertz CT molecular complexity index is 964. The predicted octanol–water partition coefficient (Wildman–Crippen LogP) is 5.79. The van der Waals surface area contributed by atoms with Gasteiger partial charge in [-0.25, -0.2) is 0 Å². The van der Waals surface area contributed by atoms with Crippen LogP contribution in [0.2, 0.25) is 0 Å². The summed E-state index contributed by atoms with van der Waals surface area (Å²) < 4.78 is 0. The first kappa shape index (κ1) is 23.1. The Balaban J connectivity index is 1.78. The molecule has 1 N–H and O–H groups in total. The van der Waals surface area contributed by atoms with Crippen molar-refractivity contribution in [3.63, 3.8) is 0 Å². The lowest BCUT2D eigenvalue weighted by atomic mass is 9.86. The Morgan fingerprint density at radius 2 is 1.68 bits per heavy atom. The zero-order chi connectivity index (χ0) is 22.9. The van der Waals surface area contributed by atoms with Crippen molar-refractivity contribution in [2.75, 3.05) is 11.9 Å². The Labute approximate surface area is 187 Å². The molecule has 0 bridgehead atoms. The van der Waals surface area contributed by atoms with Gasteiger partial charge in [-0.2, -0.15) is 0 Å². The van der Waals surface area contributed by atoms with Gasteiger partial charge in [0.2, 0.25) is 5.91 Å². The smallest absolute Gasteiger partial charge is 0.254 e. The van der Waals surface area contributed by atoms with E-state index in [1.54, 1.807) is 0 Å². The Kier molecular flexibility index (Phi) is 6.59. The number of carbonyl (C=O) groups excluding carboxylic acids is 2. The average Bonchev–Trinajstić information content (AvgIpc) is 2.66. The number of piperidine rings is 1. The van der Waals surface area contributed by atoms with Crippen molar-refractivity contribution in [2.24, 2.45) is 5.92 Å². The summed E-state index contributed by atoms with van der Waals surface area (Å²) in [5, 5.41) is 3.11. The van der Waals surface area contributed by atoms with Crippen LogP contribution >= 0.6 is 0 Å². The number of anilines is 1. The van der Waals surface area contributed by atoms with Crippen LogP contribution in [0, 0.1) is 26.7 Å². The number of rotatable bonds is 3. The molecule has 0 aromatic heterocycles. The van der Waals surface area contributed by atoms with E-state index in [0.717, 1.165) is 40.8 Å². The van der Waals surface area contributed by atoms with E-state index in [2.05, 4.69) is 44.3 Å². The van der Waals surface area contributed by atoms with Crippen molar-refractivity contribution >= 4 is 17.5 Å². The highest BCUT2D eigenvalue weighted by atomic mass is 16.2. The van der Waals surface area contributed by atoms with Crippen LogP contribution < -0.4 is 5.32 Å². The lowest BCUT2D eigenvalue weighted by Crippen LogP contribution is -2.50. The highest BCUT2D eigenvalue weighted by Crippen LogP contribution is 2.29. The molecule has 1 saturated heterocycles. The van der Waals surface area contributed by atoms with Gasteiger partial charge in [-0.3, -0.25) is 9.59 Å². The number of amides is 2. The third kappa shape index (κ3) is 5.00. The monoisotopic (exact) mass is 420 g/mol. The number of nitrogens with one attached hydrogen (secondary N) is 1. The molecule has 2 aromatic rings. The number of benzene rings is 2. The van der Waals surface area contributed by atoms with Gasteiger partial charge in [0.25, 0.3) is 5.91 Å². The minimum atomic E-state index is -0.220. The highest BCUT2D eigenvalue weighted by Gasteiger charge is 2.36. The molecule has 1 aliphatic rings. The molecule has 1 aliphatic heterocycles. The van der Waals surface area contributed by atoms with Crippen LogP contribution in [0.25, 0.3) is 0 Å². The highest BCUT2D eigenvalue weighted by molar-refractivity contribution is 5.98. The fourth-order valence-corrected chi connectivity index (χ4v) is 4.74. The first-order valence-electron chi connectivity index (χ1n) is 11.3. The van der Waals surface area contributed by atoms with Crippen LogP contribution in [0.1, 0.15) is 73.1 Å². The first-order chi connectivity index (χ1) is 14.5. The fraction of sp³-hybridized carbons (Fsp3) is 0.481. The zero-order valence-electron chi connectivity index (χ0n) is 20.0. The first-order valence-corrected chi connectivity index (χ1v) is 11.3. The van der Waals surface area contributed by atoms with E-state index in [1.165, 1.54) is 5.56 Å². The molecule has 3 rings (SSSR count). The molecule has 31 heavy (non-hydrogen) atoms. The SMILES string of the molecule is Cc1cc(C)c(C(=O)N2CCC[C@H](C(=O)Nc3cccc(C(C)(C)C)c3)[C@@H]2C)c(C)c1. The minimum absolute atomic E-state index is 0.00610. The van der Waals surface area contributed by atoms with Crippen LogP contribution in [0.15, 0.2) is 36.4 Å². The second-order valence-electron chi connectivity index (χ2n) is 10.1. The quantitative estimate of drug-likeness (QED) is 0.683. The Morgan fingerprint density at radius 1 is 1.03 bits per heavy atom. The number of hydrogen-bond acceptors (Lipinski definition) is 2. The molecule has 166 valence electrons. The molecule has 2 aromatic carbocycles. The topological polar surface area (TPSA) is 49.4 Å². The predicted molar refractivity (Wildman–Crippen MR) is 128 cm³/mol. The van der Waals surface area contributed by atoms with E-state index in [-0.39, 0.29) is 29.2 Å². The molecular weight excluding hydrogens is 384 g/mol. The molecule has 4 nitrogen and oxygen atoms in total. The van der Waals surface area contributed by atoms with E-state index >= 15 is 0 Å². The van der Waals surface area contributed by atoms with Crippen molar-refractivity contribution in [2.45, 2.75) is 72.8 Å². The van der Waals surface area contributed by atoms with Crippen molar-refractivity contribution in [1.29, 1.82) is 0 Å². The number of carbonyl (C=O) groups is 2. The summed E-state index contributed by atoms with van der Waals surface area (Å²) in [7, 11) is 0. The summed E-state index contributed by atoms with van der Waals surface area (Å²) in [5.41, 5.74) is 5.96. The van der Waals surface area contributed by atoms with Crippen LogP contribution in [0.4, 0.5) is 5.69 Å². The molecular formula is C27H36N2O2. The summed E-state index contributed by atoms with van der Waals surface area (Å²) in [4.78, 5) is 28.5. The lowest BCUT2D eigenvalue weighted by Gasteiger charge is -2.39. The summed E-state index contributed by atoms with van der Waals surface area (Å²) in [6, 6.07) is 12.0. The van der Waals surface area contributed by atoms with E-state index < -0.39 is 0 Å². The largest absolute Gasteiger partial charge is 0.335 e. The normalized spacial score (nSPS) is 19.3. The molecule has 1 heterocycles. The van der Waals surface area contributed by atoms with Gasteiger partial charge in [0.1, 0.15) is 0 Å². The molecule has 2 atom stereocenters. The van der Waals surface area contributed by atoms with Crippen LogP contribution in [0.3, 0.4) is 0 Å². The summed E-state index contributed by atoms with van der Waals surface area (Å²) in [5.74, 6) is -0.190. The van der Waals surface area contributed by atoms with Gasteiger partial charge < -0.3 is 10.2 Å². The summed E-state index contributed by atoms with van der Waals surface area (Å²) in [6.45, 7) is 15.2. The van der Waals surface area contributed by atoms with Crippen LogP contribution in [-0.2, 0) is 10.2 Å². The van der Waals surface area contributed by atoms with Crippen molar-refractivity contribution in [1.82, 2.24) is 4.90 Å². The van der Waals surface area contributed by atoms with Gasteiger partial charge in [-0.15, -0.1) is 0 Å². The third-order valence-electron chi connectivity index (χ3n) is 6.47. The molecule has 1 fully saturated rings. The number of hydrogen-bond donors (Lipinski definition) is 1. The van der Waals surface area contributed by atoms with Crippen LogP contribution in [-0.4, -0.2) is 29.3 Å². The Morgan fingerprint density at radius 3 is 2.29 bits per heavy atom. The molecule has 0 spiro atoms. The van der Waals surface area contributed by atoms with Gasteiger partial charge in [-0.1, -0.05) is 50.6 Å². The maximum absolute atomic E-state index is 13.4. The van der Waals surface area contributed by atoms with E-state index in [9.17, 15) is 9.59 Å². The molecule has 2 amide bonds. The second-order valence-corrected chi connectivity index (χ2v) is 10.1. The molecule has 0 saturated carbocycles. The molecule has 4 heteroatoms. The minimum Gasteiger partial charge on any atom is -0.335 e. The van der Waals surface area contributed by atoms with E-state index in [4.69, 9.17) is 0 Å². The summed E-state index contributed by atoms with van der Waals surface area (Å²) >= 11 is 0. The van der Waals surface area contributed by atoms with Gasteiger partial charge in [0.15, 0.2) is 0 Å². The summed E-state index contributed by atoms with van der Waals surface area (Å²) in [6.07, 6.45) is 1.63. The van der Waals surface area contributed by atoms with Crippen molar-refractivity contribution in [3.8, 4) is 0 Å². The third-order valence-corrected chi connectivity index (χ3v) is 6.47. The number of nitrogens with zero attached hydrogens (tertiary/aromatic N) is 1. The second kappa shape index (κ2) is 8.86. The fourth-order valence-electron chi connectivity index (χ4n) is 4.74. The maximum Gasteiger partial charge on any atom is 0.254 e. The molecule has 0 radical (unpaired) electrons. The molecule has 0 unspecified atom stereocenters.